The van der Waals surface area contributed by atoms with Gasteiger partial charge < -0.3 is 0 Å². The van der Waals surface area contributed by atoms with Crippen molar-refractivity contribution in [1.82, 2.24) is 19.6 Å². The average molecular weight is 286 g/mol. The molecule has 0 aliphatic rings. The standard InChI is InChI=1S/C15H18N4S/c1-5-20-14-18-17-12-10-8-6-7-9-11(10)16-13(19(12)14)15(2,3)4/h6-9H,5H2,1-4H3. The molecule has 0 bridgehead atoms. The Morgan fingerprint density at radius 1 is 1.15 bits per heavy atom. The van der Waals surface area contributed by atoms with E-state index in [0.29, 0.717) is 0 Å². The molecule has 3 rings (SSSR count). The van der Waals surface area contributed by atoms with Crippen LogP contribution in [-0.2, 0) is 5.41 Å². The highest BCUT2D eigenvalue weighted by Gasteiger charge is 2.23. The predicted octanol–water partition coefficient (Wildman–Crippen LogP) is 3.69. The summed E-state index contributed by atoms with van der Waals surface area (Å²) in [5, 5.41) is 10.7. The van der Waals surface area contributed by atoms with Crippen molar-refractivity contribution >= 4 is 28.3 Å². The average Bonchev–Trinajstić information content (AvgIpc) is 2.81. The van der Waals surface area contributed by atoms with E-state index < -0.39 is 0 Å². The van der Waals surface area contributed by atoms with Gasteiger partial charge in [-0.15, -0.1) is 10.2 Å². The molecule has 0 spiro atoms. The van der Waals surface area contributed by atoms with Crippen molar-refractivity contribution in [3.63, 3.8) is 0 Å². The predicted molar refractivity (Wildman–Crippen MR) is 83.4 cm³/mol. The second-order valence-electron chi connectivity index (χ2n) is 5.78. The van der Waals surface area contributed by atoms with Gasteiger partial charge in [0.1, 0.15) is 5.82 Å². The lowest BCUT2D eigenvalue weighted by Crippen LogP contribution is -2.19. The first-order valence-electron chi connectivity index (χ1n) is 6.79. The van der Waals surface area contributed by atoms with Crippen molar-refractivity contribution < 1.29 is 0 Å². The molecular formula is C15H18N4S. The highest BCUT2D eigenvalue weighted by Crippen LogP contribution is 2.29. The van der Waals surface area contributed by atoms with Gasteiger partial charge in [0.05, 0.1) is 5.52 Å². The second-order valence-corrected chi connectivity index (χ2v) is 7.01. The minimum absolute atomic E-state index is 0.0618. The Hall–Kier alpha value is -1.62. The molecule has 0 fully saturated rings. The Balaban J connectivity index is 2.46. The number of nitrogens with zero attached hydrogens (tertiary/aromatic N) is 4. The maximum Gasteiger partial charge on any atom is 0.197 e. The summed E-state index contributed by atoms with van der Waals surface area (Å²) in [6.07, 6.45) is 0. The lowest BCUT2D eigenvalue weighted by Gasteiger charge is -2.20. The van der Waals surface area contributed by atoms with E-state index in [4.69, 9.17) is 4.98 Å². The number of fused-ring (bicyclic) bond motifs is 3. The first-order valence-corrected chi connectivity index (χ1v) is 7.78. The summed E-state index contributed by atoms with van der Waals surface area (Å²) in [5.74, 6) is 1.98. The fraction of sp³-hybridized carbons (Fsp3) is 0.400. The van der Waals surface area contributed by atoms with Crippen LogP contribution in [0.3, 0.4) is 0 Å². The van der Waals surface area contributed by atoms with Crippen LogP contribution in [0.2, 0.25) is 0 Å². The largest absolute Gasteiger partial charge is 0.256 e. The molecule has 0 atom stereocenters. The van der Waals surface area contributed by atoms with E-state index in [-0.39, 0.29) is 5.41 Å². The monoisotopic (exact) mass is 286 g/mol. The summed E-state index contributed by atoms with van der Waals surface area (Å²) < 4.78 is 2.11. The van der Waals surface area contributed by atoms with E-state index in [1.165, 1.54) is 0 Å². The van der Waals surface area contributed by atoms with E-state index in [9.17, 15) is 0 Å². The summed E-state index contributed by atoms with van der Waals surface area (Å²) in [5.41, 5.74) is 1.81. The molecule has 4 nitrogen and oxygen atoms in total. The quantitative estimate of drug-likeness (QED) is 0.674. The second kappa shape index (κ2) is 4.74. The third-order valence-corrected chi connectivity index (χ3v) is 3.97. The van der Waals surface area contributed by atoms with Crippen LogP contribution in [-0.4, -0.2) is 25.3 Å². The number of para-hydroxylation sites is 1. The number of hydrogen-bond donors (Lipinski definition) is 0. The molecule has 20 heavy (non-hydrogen) atoms. The lowest BCUT2D eigenvalue weighted by molar-refractivity contribution is 0.530. The molecule has 1 aromatic carbocycles. The summed E-state index contributed by atoms with van der Waals surface area (Å²) in [6, 6.07) is 8.11. The van der Waals surface area contributed by atoms with Crippen LogP contribution >= 0.6 is 11.8 Å². The molecule has 2 heterocycles. The maximum atomic E-state index is 4.86. The minimum Gasteiger partial charge on any atom is -0.256 e. The molecule has 0 saturated carbocycles. The Bertz CT molecular complexity index is 770. The van der Waals surface area contributed by atoms with Gasteiger partial charge in [-0.25, -0.2) is 4.98 Å². The smallest absolute Gasteiger partial charge is 0.197 e. The van der Waals surface area contributed by atoms with Crippen molar-refractivity contribution in [3.05, 3.63) is 30.1 Å². The van der Waals surface area contributed by atoms with Gasteiger partial charge in [0.25, 0.3) is 0 Å². The van der Waals surface area contributed by atoms with Crippen LogP contribution in [0, 0.1) is 0 Å². The van der Waals surface area contributed by atoms with Crippen LogP contribution in [0.4, 0.5) is 0 Å². The first-order chi connectivity index (χ1) is 9.52. The van der Waals surface area contributed by atoms with Crippen LogP contribution < -0.4 is 0 Å². The summed E-state index contributed by atoms with van der Waals surface area (Å²) in [4.78, 5) is 4.86. The fourth-order valence-corrected chi connectivity index (χ4v) is 2.94. The van der Waals surface area contributed by atoms with Gasteiger partial charge in [0.2, 0.25) is 0 Å². The van der Waals surface area contributed by atoms with E-state index in [1.54, 1.807) is 11.8 Å². The molecule has 0 N–H and O–H groups in total. The van der Waals surface area contributed by atoms with Crippen LogP contribution in [0.5, 0.6) is 0 Å². The zero-order valence-corrected chi connectivity index (χ0v) is 13.0. The van der Waals surface area contributed by atoms with Crippen LogP contribution in [0.15, 0.2) is 29.4 Å². The number of hydrogen-bond acceptors (Lipinski definition) is 4. The van der Waals surface area contributed by atoms with Crippen molar-refractivity contribution in [2.45, 2.75) is 38.3 Å². The normalized spacial score (nSPS) is 12.4. The van der Waals surface area contributed by atoms with Gasteiger partial charge in [-0.05, 0) is 17.9 Å². The highest BCUT2D eigenvalue weighted by molar-refractivity contribution is 7.99. The number of benzene rings is 1. The molecule has 0 saturated heterocycles. The molecule has 0 aliphatic carbocycles. The summed E-state index contributed by atoms with van der Waals surface area (Å²) in [6.45, 7) is 8.63. The van der Waals surface area contributed by atoms with Gasteiger partial charge in [-0.1, -0.05) is 51.6 Å². The Morgan fingerprint density at radius 3 is 2.60 bits per heavy atom. The molecule has 0 amide bonds. The third-order valence-electron chi connectivity index (χ3n) is 3.16. The zero-order valence-electron chi connectivity index (χ0n) is 12.2. The molecule has 2 aromatic heterocycles. The van der Waals surface area contributed by atoms with Gasteiger partial charge in [-0.2, -0.15) is 0 Å². The zero-order chi connectivity index (χ0) is 14.3. The van der Waals surface area contributed by atoms with Crippen molar-refractivity contribution in [2.24, 2.45) is 0 Å². The lowest BCUT2D eigenvalue weighted by atomic mass is 9.95. The summed E-state index contributed by atoms with van der Waals surface area (Å²) >= 11 is 1.70. The van der Waals surface area contributed by atoms with Crippen molar-refractivity contribution in [3.8, 4) is 0 Å². The van der Waals surface area contributed by atoms with E-state index in [2.05, 4.69) is 48.4 Å². The Labute approximate surface area is 122 Å². The minimum atomic E-state index is -0.0618. The SMILES string of the molecule is CCSc1nnc2c3ccccc3nc(C(C)(C)C)n12. The van der Waals surface area contributed by atoms with Gasteiger partial charge in [0, 0.05) is 10.8 Å². The van der Waals surface area contributed by atoms with Crippen molar-refractivity contribution in [2.75, 3.05) is 5.75 Å². The highest BCUT2D eigenvalue weighted by atomic mass is 32.2. The molecule has 5 heteroatoms. The van der Waals surface area contributed by atoms with Crippen molar-refractivity contribution in [1.29, 1.82) is 0 Å². The third kappa shape index (κ3) is 2.06. The Morgan fingerprint density at radius 2 is 1.90 bits per heavy atom. The Kier molecular flexibility index (Phi) is 3.17. The number of thioether (sulfide) groups is 1. The molecule has 0 aliphatic heterocycles. The van der Waals surface area contributed by atoms with Crippen LogP contribution in [0.25, 0.3) is 16.6 Å². The van der Waals surface area contributed by atoms with Crippen LogP contribution in [0.1, 0.15) is 33.5 Å². The summed E-state index contributed by atoms with van der Waals surface area (Å²) in [7, 11) is 0. The van der Waals surface area contributed by atoms with E-state index >= 15 is 0 Å². The molecule has 0 radical (unpaired) electrons. The topological polar surface area (TPSA) is 43.1 Å². The van der Waals surface area contributed by atoms with E-state index in [0.717, 1.165) is 33.3 Å². The first kappa shape index (κ1) is 13.4. The number of rotatable bonds is 2. The van der Waals surface area contributed by atoms with Gasteiger partial charge >= 0.3 is 0 Å². The molecule has 3 aromatic rings. The molecule has 0 unspecified atom stereocenters. The molecule has 104 valence electrons. The van der Waals surface area contributed by atoms with Gasteiger partial charge in [-0.3, -0.25) is 4.40 Å². The fourth-order valence-electron chi connectivity index (χ4n) is 2.29. The van der Waals surface area contributed by atoms with Gasteiger partial charge in [0.15, 0.2) is 10.8 Å². The number of aromatic nitrogens is 4. The molecular weight excluding hydrogens is 268 g/mol. The maximum absolute atomic E-state index is 4.86. The van der Waals surface area contributed by atoms with E-state index in [1.807, 2.05) is 18.2 Å².